The Labute approximate surface area is 86.9 Å². The van der Waals surface area contributed by atoms with Crippen LogP contribution in [0.15, 0.2) is 30.5 Å². The summed E-state index contributed by atoms with van der Waals surface area (Å²) in [5, 5.41) is 1.02. The smallest absolute Gasteiger partial charge is 0.317 e. The number of fused-ring (bicyclic) bond motifs is 1. The molecule has 1 aliphatic heterocycles. The summed E-state index contributed by atoms with van der Waals surface area (Å²) < 4.78 is 10.5. The van der Waals surface area contributed by atoms with E-state index in [-0.39, 0.29) is 6.10 Å². The van der Waals surface area contributed by atoms with Gasteiger partial charge in [-0.3, -0.25) is 0 Å². The Bertz CT molecular complexity index is 483. The molecule has 1 saturated heterocycles. The van der Waals surface area contributed by atoms with E-state index in [1.54, 1.807) is 6.20 Å². The Balaban J connectivity index is 1.91. The van der Waals surface area contributed by atoms with Gasteiger partial charge in [-0.1, -0.05) is 18.2 Å². The van der Waals surface area contributed by atoms with E-state index in [4.69, 9.17) is 9.47 Å². The van der Waals surface area contributed by atoms with E-state index in [1.165, 1.54) is 0 Å². The lowest BCUT2D eigenvalue weighted by Crippen LogP contribution is -2.38. The second kappa shape index (κ2) is 3.47. The van der Waals surface area contributed by atoms with Gasteiger partial charge in [0.2, 0.25) is 0 Å². The monoisotopic (exact) mass is 202 g/mol. The summed E-state index contributed by atoms with van der Waals surface area (Å²) in [7, 11) is 0. The highest BCUT2D eigenvalue weighted by Crippen LogP contribution is 2.15. The second-order valence-corrected chi connectivity index (χ2v) is 3.49. The van der Waals surface area contributed by atoms with Gasteiger partial charge >= 0.3 is 6.01 Å². The minimum absolute atomic E-state index is 0.117. The standard InChI is InChI=1S/C11H10N2O2/c1-2-4-10-8(3-1)5-12-11(13-10)15-9-6-14-7-9/h1-5,9H,6-7H2. The molecule has 2 heterocycles. The Morgan fingerprint density at radius 1 is 1.27 bits per heavy atom. The summed E-state index contributed by atoms with van der Waals surface area (Å²) in [4.78, 5) is 8.45. The van der Waals surface area contributed by atoms with Crippen molar-refractivity contribution < 1.29 is 9.47 Å². The molecule has 1 aromatic heterocycles. The van der Waals surface area contributed by atoms with Crippen molar-refractivity contribution in [2.75, 3.05) is 13.2 Å². The van der Waals surface area contributed by atoms with Crippen molar-refractivity contribution in [1.82, 2.24) is 9.97 Å². The fourth-order valence-corrected chi connectivity index (χ4v) is 1.44. The molecule has 0 radical (unpaired) electrons. The number of aromatic nitrogens is 2. The molecule has 0 atom stereocenters. The van der Waals surface area contributed by atoms with E-state index in [2.05, 4.69) is 9.97 Å². The second-order valence-electron chi connectivity index (χ2n) is 3.49. The summed E-state index contributed by atoms with van der Waals surface area (Å²) in [5.74, 6) is 0. The molecule has 15 heavy (non-hydrogen) atoms. The van der Waals surface area contributed by atoms with Gasteiger partial charge in [0.1, 0.15) is 6.10 Å². The maximum Gasteiger partial charge on any atom is 0.317 e. The maximum atomic E-state index is 5.51. The molecule has 76 valence electrons. The van der Waals surface area contributed by atoms with Crippen LogP contribution in [-0.2, 0) is 4.74 Å². The van der Waals surface area contributed by atoms with Crippen molar-refractivity contribution in [3.8, 4) is 6.01 Å². The number of nitrogens with zero attached hydrogens (tertiary/aromatic N) is 2. The van der Waals surface area contributed by atoms with Crippen molar-refractivity contribution in [3.63, 3.8) is 0 Å². The third kappa shape index (κ3) is 1.64. The van der Waals surface area contributed by atoms with Crippen LogP contribution in [-0.4, -0.2) is 29.3 Å². The predicted molar refractivity (Wildman–Crippen MR) is 54.8 cm³/mol. The lowest BCUT2D eigenvalue weighted by molar-refractivity contribution is -0.0830. The largest absolute Gasteiger partial charge is 0.455 e. The molecule has 0 N–H and O–H groups in total. The molecule has 1 aromatic carbocycles. The molecule has 3 rings (SSSR count). The van der Waals surface area contributed by atoms with Gasteiger partial charge in [-0.25, -0.2) is 4.98 Å². The van der Waals surface area contributed by atoms with E-state index >= 15 is 0 Å². The van der Waals surface area contributed by atoms with Crippen molar-refractivity contribution >= 4 is 10.9 Å². The highest BCUT2D eigenvalue weighted by atomic mass is 16.6. The molecule has 4 nitrogen and oxygen atoms in total. The van der Waals surface area contributed by atoms with Crippen LogP contribution in [0.4, 0.5) is 0 Å². The molecule has 1 fully saturated rings. The van der Waals surface area contributed by atoms with E-state index in [1.807, 2.05) is 24.3 Å². The number of hydrogen-bond donors (Lipinski definition) is 0. The molecular formula is C11H10N2O2. The van der Waals surface area contributed by atoms with Crippen molar-refractivity contribution in [3.05, 3.63) is 30.5 Å². The van der Waals surface area contributed by atoms with Gasteiger partial charge in [0.05, 0.1) is 18.7 Å². The van der Waals surface area contributed by atoms with Gasteiger partial charge in [0, 0.05) is 11.6 Å². The van der Waals surface area contributed by atoms with Crippen LogP contribution >= 0.6 is 0 Å². The molecule has 0 unspecified atom stereocenters. The SMILES string of the molecule is c1ccc2nc(OC3COC3)ncc2c1. The molecule has 2 aromatic rings. The summed E-state index contributed by atoms with van der Waals surface area (Å²) in [5.41, 5.74) is 0.905. The minimum atomic E-state index is 0.117. The lowest BCUT2D eigenvalue weighted by Gasteiger charge is -2.25. The van der Waals surface area contributed by atoms with Crippen LogP contribution in [0.3, 0.4) is 0 Å². The fraction of sp³-hybridized carbons (Fsp3) is 0.273. The first-order valence-corrected chi connectivity index (χ1v) is 4.88. The Kier molecular flexibility index (Phi) is 1.99. The van der Waals surface area contributed by atoms with Crippen LogP contribution in [0.2, 0.25) is 0 Å². The first kappa shape index (κ1) is 8.61. The molecule has 0 bridgehead atoms. The highest BCUT2D eigenvalue weighted by Gasteiger charge is 2.21. The highest BCUT2D eigenvalue weighted by molar-refractivity contribution is 5.77. The minimum Gasteiger partial charge on any atom is -0.455 e. The average molecular weight is 202 g/mol. The van der Waals surface area contributed by atoms with Crippen LogP contribution in [0.25, 0.3) is 10.9 Å². The zero-order valence-electron chi connectivity index (χ0n) is 8.09. The van der Waals surface area contributed by atoms with Crippen LogP contribution in [0.5, 0.6) is 6.01 Å². The zero-order chi connectivity index (χ0) is 10.1. The van der Waals surface area contributed by atoms with E-state index in [0.717, 1.165) is 10.9 Å². The quantitative estimate of drug-likeness (QED) is 0.738. The predicted octanol–water partition coefficient (Wildman–Crippen LogP) is 1.41. The Morgan fingerprint density at radius 2 is 2.13 bits per heavy atom. The van der Waals surface area contributed by atoms with Crippen molar-refractivity contribution in [2.45, 2.75) is 6.10 Å². The molecule has 1 aliphatic rings. The zero-order valence-corrected chi connectivity index (χ0v) is 8.09. The number of ether oxygens (including phenoxy) is 2. The van der Waals surface area contributed by atoms with E-state index < -0.39 is 0 Å². The van der Waals surface area contributed by atoms with Gasteiger partial charge in [-0.05, 0) is 6.07 Å². The summed E-state index contributed by atoms with van der Waals surface area (Å²) in [6.45, 7) is 1.27. The van der Waals surface area contributed by atoms with Crippen LogP contribution in [0, 0.1) is 0 Å². The number of hydrogen-bond acceptors (Lipinski definition) is 4. The molecule has 0 spiro atoms. The third-order valence-corrected chi connectivity index (χ3v) is 2.35. The molecule has 0 amide bonds. The normalized spacial score (nSPS) is 16.3. The summed E-state index contributed by atoms with van der Waals surface area (Å²) in [6, 6.07) is 8.27. The molecular weight excluding hydrogens is 192 g/mol. The van der Waals surface area contributed by atoms with Gasteiger partial charge in [0.15, 0.2) is 0 Å². The average Bonchev–Trinajstić information content (AvgIpc) is 2.23. The van der Waals surface area contributed by atoms with Crippen molar-refractivity contribution in [2.24, 2.45) is 0 Å². The Hall–Kier alpha value is -1.68. The van der Waals surface area contributed by atoms with Gasteiger partial charge in [0.25, 0.3) is 0 Å². The first-order chi connectivity index (χ1) is 7.42. The molecule has 0 aliphatic carbocycles. The maximum absolute atomic E-state index is 5.51. The van der Waals surface area contributed by atoms with E-state index in [0.29, 0.717) is 19.2 Å². The molecule has 4 heteroatoms. The van der Waals surface area contributed by atoms with Crippen LogP contribution in [0.1, 0.15) is 0 Å². The van der Waals surface area contributed by atoms with Crippen molar-refractivity contribution in [1.29, 1.82) is 0 Å². The number of para-hydroxylation sites is 1. The van der Waals surface area contributed by atoms with Crippen LogP contribution < -0.4 is 4.74 Å². The first-order valence-electron chi connectivity index (χ1n) is 4.88. The number of rotatable bonds is 2. The van der Waals surface area contributed by atoms with Gasteiger partial charge < -0.3 is 9.47 Å². The summed E-state index contributed by atoms with van der Waals surface area (Å²) in [6.07, 6.45) is 1.89. The van der Waals surface area contributed by atoms with Gasteiger partial charge in [-0.15, -0.1) is 0 Å². The Morgan fingerprint density at radius 3 is 2.93 bits per heavy atom. The third-order valence-electron chi connectivity index (χ3n) is 2.35. The molecule has 0 saturated carbocycles. The van der Waals surface area contributed by atoms with E-state index in [9.17, 15) is 0 Å². The topological polar surface area (TPSA) is 44.2 Å². The number of benzene rings is 1. The fourth-order valence-electron chi connectivity index (χ4n) is 1.44. The lowest BCUT2D eigenvalue weighted by atomic mass is 10.2. The van der Waals surface area contributed by atoms with Gasteiger partial charge in [-0.2, -0.15) is 4.98 Å². The summed E-state index contributed by atoms with van der Waals surface area (Å²) >= 11 is 0.